The highest BCUT2D eigenvalue weighted by molar-refractivity contribution is 7.89. The van der Waals surface area contributed by atoms with E-state index in [2.05, 4.69) is 25.5 Å². The van der Waals surface area contributed by atoms with Gasteiger partial charge in [0, 0.05) is 12.1 Å². The quantitative estimate of drug-likeness (QED) is 0.806. The summed E-state index contributed by atoms with van der Waals surface area (Å²) < 4.78 is 27.2. The van der Waals surface area contributed by atoms with Crippen molar-refractivity contribution in [2.45, 2.75) is 64.8 Å². The smallest absolute Gasteiger partial charge is 0.212 e. The normalized spacial score (nSPS) is 20.9. The first kappa shape index (κ1) is 15.9. The van der Waals surface area contributed by atoms with Crippen LogP contribution in [0.4, 0.5) is 0 Å². The Morgan fingerprint density at radius 2 is 1.72 bits per heavy atom. The fourth-order valence-corrected chi connectivity index (χ4v) is 4.33. The first-order valence-corrected chi connectivity index (χ1v) is 8.55. The van der Waals surface area contributed by atoms with Crippen molar-refractivity contribution in [2.24, 2.45) is 11.1 Å². The maximum atomic E-state index is 12.1. The summed E-state index contributed by atoms with van der Waals surface area (Å²) in [6, 6.07) is 0. The van der Waals surface area contributed by atoms with E-state index in [0.29, 0.717) is 13.0 Å². The van der Waals surface area contributed by atoms with Crippen LogP contribution in [0.15, 0.2) is 0 Å². The molecule has 0 saturated heterocycles. The molecular weight excluding hydrogens is 248 g/mol. The van der Waals surface area contributed by atoms with Gasteiger partial charge in [0.05, 0.1) is 5.75 Å². The predicted molar refractivity (Wildman–Crippen MR) is 75.9 cm³/mol. The first-order chi connectivity index (χ1) is 8.18. The predicted octanol–water partition coefficient (Wildman–Crippen LogP) is 2.00. The maximum Gasteiger partial charge on any atom is 0.212 e. The molecule has 3 N–H and O–H groups in total. The van der Waals surface area contributed by atoms with Crippen LogP contribution in [0.2, 0.25) is 0 Å². The second kappa shape index (κ2) is 5.88. The molecule has 1 rings (SSSR count). The number of nitrogens with two attached hydrogens (primary N) is 1. The molecule has 0 radical (unpaired) electrons. The summed E-state index contributed by atoms with van der Waals surface area (Å²) in [5, 5.41) is 0. The lowest BCUT2D eigenvalue weighted by molar-refractivity contribution is 0.276. The topological polar surface area (TPSA) is 72.2 Å². The minimum absolute atomic E-state index is 0.0389. The Bertz CT molecular complexity index is 352. The van der Waals surface area contributed by atoms with E-state index in [4.69, 9.17) is 5.73 Å². The molecule has 0 unspecified atom stereocenters. The number of rotatable bonds is 5. The molecule has 0 amide bonds. The summed E-state index contributed by atoms with van der Waals surface area (Å²) in [5.74, 6) is 0.193. The molecule has 5 heteroatoms. The van der Waals surface area contributed by atoms with Crippen LogP contribution in [0.5, 0.6) is 0 Å². The van der Waals surface area contributed by atoms with Gasteiger partial charge in [-0.05, 0) is 24.7 Å². The molecule has 1 fully saturated rings. The Morgan fingerprint density at radius 1 is 1.17 bits per heavy atom. The number of nitrogens with one attached hydrogen (secondary N) is 1. The van der Waals surface area contributed by atoms with Crippen molar-refractivity contribution >= 4 is 10.0 Å². The zero-order valence-electron chi connectivity index (χ0n) is 12.0. The Labute approximate surface area is 112 Å². The molecule has 18 heavy (non-hydrogen) atoms. The highest BCUT2D eigenvalue weighted by atomic mass is 32.2. The summed E-state index contributed by atoms with van der Waals surface area (Å²) >= 11 is 0. The van der Waals surface area contributed by atoms with Gasteiger partial charge >= 0.3 is 0 Å². The molecule has 0 atom stereocenters. The zero-order chi connectivity index (χ0) is 13.9. The molecule has 0 aromatic rings. The van der Waals surface area contributed by atoms with Gasteiger partial charge in [0.25, 0.3) is 0 Å². The van der Waals surface area contributed by atoms with E-state index >= 15 is 0 Å². The van der Waals surface area contributed by atoms with Crippen LogP contribution in [0.3, 0.4) is 0 Å². The standard InChI is InChI=1S/C13H28N2O2S/c1-12(2,3)9-10-18(16,17)15-13(11-14)7-5-4-6-8-13/h15H,4-11,14H2,1-3H3. The summed E-state index contributed by atoms with van der Waals surface area (Å²) in [7, 11) is -3.21. The van der Waals surface area contributed by atoms with Crippen LogP contribution in [0, 0.1) is 5.41 Å². The van der Waals surface area contributed by atoms with E-state index in [0.717, 1.165) is 25.7 Å². The Morgan fingerprint density at radius 3 is 2.17 bits per heavy atom. The van der Waals surface area contributed by atoms with Gasteiger partial charge in [0.1, 0.15) is 0 Å². The van der Waals surface area contributed by atoms with Crippen LogP contribution in [-0.2, 0) is 10.0 Å². The van der Waals surface area contributed by atoms with Gasteiger partial charge in [-0.15, -0.1) is 0 Å². The monoisotopic (exact) mass is 276 g/mol. The van der Waals surface area contributed by atoms with Crippen molar-refractivity contribution in [3.05, 3.63) is 0 Å². The molecule has 1 saturated carbocycles. The Balaban J connectivity index is 2.62. The van der Waals surface area contributed by atoms with E-state index in [1.54, 1.807) is 0 Å². The molecule has 1 aliphatic rings. The molecule has 0 aromatic carbocycles. The summed E-state index contributed by atoms with van der Waals surface area (Å²) in [4.78, 5) is 0. The van der Waals surface area contributed by atoms with Crippen molar-refractivity contribution in [1.29, 1.82) is 0 Å². The minimum Gasteiger partial charge on any atom is -0.329 e. The van der Waals surface area contributed by atoms with Gasteiger partial charge in [0.2, 0.25) is 10.0 Å². The Kier molecular flexibility index (Phi) is 5.21. The molecule has 108 valence electrons. The largest absolute Gasteiger partial charge is 0.329 e. The lowest BCUT2D eigenvalue weighted by Crippen LogP contribution is -2.55. The van der Waals surface area contributed by atoms with Gasteiger partial charge in [-0.3, -0.25) is 0 Å². The SMILES string of the molecule is CC(C)(C)CCS(=O)(=O)NC1(CN)CCCCC1. The number of sulfonamides is 1. The van der Waals surface area contributed by atoms with Gasteiger partial charge in [-0.25, -0.2) is 13.1 Å². The fourth-order valence-electron chi connectivity index (χ4n) is 2.40. The maximum absolute atomic E-state index is 12.1. The molecule has 0 bridgehead atoms. The molecule has 0 heterocycles. The fraction of sp³-hybridized carbons (Fsp3) is 1.00. The van der Waals surface area contributed by atoms with E-state index in [1.165, 1.54) is 6.42 Å². The van der Waals surface area contributed by atoms with Crippen molar-refractivity contribution in [2.75, 3.05) is 12.3 Å². The molecule has 0 spiro atoms. The van der Waals surface area contributed by atoms with Crippen LogP contribution < -0.4 is 10.5 Å². The minimum atomic E-state index is -3.21. The zero-order valence-corrected chi connectivity index (χ0v) is 12.8. The lowest BCUT2D eigenvalue weighted by atomic mass is 9.83. The summed E-state index contributed by atoms with van der Waals surface area (Å²) in [6.45, 7) is 6.58. The highest BCUT2D eigenvalue weighted by Gasteiger charge is 2.34. The van der Waals surface area contributed by atoms with Crippen LogP contribution in [-0.4, -0.2) is 26.3 Å². The summed E-state index contributed by atoms with van der Waals surface area (Å²) in [6.07, 6.45) is 5.74. The second-order valence-electron chi connectivity index (χ2n) is 6.78. The third kappa shape index (κ3) is 5.24. The van der Waals surface area contributed by atoms with Gasteiger partial charge in [-0.1, -0.05) is 40.0 Å². The number of hydrogen-bond donors (Lipinski definition) is 2. The first-order valence-electron chi connectivity index (χ1n) is 6.90. The molecule has 4 nitrogen and oxygen atoms in total. The molecule has 1 aliphatic carbocycles. The highest BCUT2D eigenvalue weighted by Crippen LogP contribution is 2.28. The van der Waals surface area contributed by atoms with E-state index < -0.39 is 10.0 Å². The third-order valence-corrected chi connectivity index (χ3v) is 5.18. The molecular formula is C13H28N2O2S. The van der Waals surface area contributed by atoms with Crippen molar-refractivity contribution < 1.29 is 8.42 Å². The van der Waals surface area contributed by atoms with E-state index in [-0.39, 0.29) is 16.7 Å². The van der Waals surface area contributed by atoms with Crippen molar-refractivity contribution in [3.8, 4) is 0 Å². The summed E-state index contributed by atoms with van der Waals surface area (Å²) in [5.41, 5.74) is 5.46. The second-order valence-corrected chi connectivity index (χ2v) is 8.62. The van der Waals surface area contributed by atoms with Gasteiger partial charge in [-0.2, -0.15) is 0 Å². The van der Waals surface area contributed by atoms with Crippen molar-refractivity contribution in [1.82, 2.24) is 4.72 Å². The van der Waals surface area contributed by atoms with Crippen LogP contribution >= 0.6 is 0 Å². The molecule has 0 aromatic heterocycles. The Hall–Kier alpha value is -0.130. The lowest BCUT2D eigenvalue weighted by Gasteiger charge is -2.37. The van der Waals surface area contributed by atoms with E-state index in [1.807, 2.05) is 0 Å². The average Bonchev–Trinajstić information content (AvgIpc) is 2.27. The van der Waals surface area contributed by atoms with Gasteiger partial charge < -0.3 is 5.73 Å². The van der Waals surface area contributed by atoms with Gasteiger partial charge in [0.15, 0.2) is 0 Å². The average molecular weight is 276 g/mol. The van der Waals surface area contributed by atoms with E-state index in [9.17, 15) is 8.42 Å². The van der Waals surface area contributed by atoms with Crippen LogP contribution in [0.1, 0.15) is 59.3 Å². The number of hydrogen-bond acceptors (Lipinski definition) is 3. The van der Waals surface area contributed by atoms with Crippen LogP contribution in [0.25, 0.3) is 0 Å². The third-order valence-electron chi connectivity index (χ3n) is 3.69. The molecule has 0 aliphatic heterocycles. The van der Waals surface area contributed by atoms with Crippen molar-refractivity contribution in [3.63, 3.8) is 0 Å².